The molecule has 0 spiro atoms. The smallest absolute Gasteiger partial charge is 0.0891 e. The van der Waals surface area contributed by atoms with E-state index in [0.29, 0.717) is 0 Å². The van der Waals surface area contributed by atoms with Crippen molar-refractivity contribution in [1.82, 2.24) is 0 Å². The highest BCUT2D eigenvalue weighted by molar-refractivity contribution is 9.11. The lowest BCUT2D eigenvalue weighted by Gasteiger charge is -2.16. The summed E-state index contributed by atoms with van der Waals surface area (Å²) in [5.41, 5.74) is 1.13. The minimum atomic E-state index is -0.244. The van der Waals surface area contributed by atoms with Gasteiger partial charge in [-0.1, -0.05) is 0 Å². The molecule has 0 aliphatic carbocycles. The Hall–Kier alpha value is 0.490. The lowest BCUT2D eigenvalue weighted by Crippen LogP contribution is -2.06. The fraction of sp³-hybridized carbons (Fsp3) is 0.429. The molecule has 0 radical (unpaired) electrons. The van der Waals surface area contributed by atoms with Crippen LogP contribution < -0.4 is 0 Å². The van der Waals surface area contributed by atoms with Crippen molar-refractivity contribution in [2.24, 2.45) is 0 Å². The van der Waals surface area contributed by atoms with Gasteiger partial charge in [0.2, 0.25) is 0 Å². The SMILES string of the molecule is OC1CSCc2sc(Br)cc21. The van der Waals surface area contributed by atoms with Crippen molar-refractivity contribution in [2.75, 3.05) is 5.75 Å². The first-order chi connectivity index (χ1) is 5.27. The summed E-state index contributed by atoms with van der Waals surface area (Å²) in [4.78, 5) is 1.32. The van der Waals surface area contributed by atoms with Gasteiger partial charge >= 0.3 is 0 Å². The van der Waals surface area contributed by atoms with Crippen LogP contribution in [0.25, 0.3) is 0 Å². The first-order valence-electron chi connectivity index (χ1n) is 3.31. The van der Waals surface area contributed by atoms with Gasteiger partial charge in [-0.2, -0.15) is 11.8 Å². The molecule has 60 valence electrons. The van der Waals surface area contributed by atoms with Crippen LogP contribution in [-0.2, 0) is 5.75 Å². The van der Waals surface area contributed by atoms with Gasteiger partial charge in [0.15, 0.2) is 0 Å². The lowest BCUT2D eigenvalue weighted by atomic mass is 10.2. The van der Waals surface area contributed by atoms with E-state index < -0.39 is 0 Å². The number of aliphatic hydroxyl groups is 1. The molecule has 1 N–H and O–H groups in total. The van der Waals surface area contributed by atoms with Crippen molar-refractivity contribution in [2.45, 2.75) is 11.9 Å². The van der Waals surface area contributed by atoms with E-state index in [2.05, 4.69) is 15.9 Å². The molecule has 0 fully saturated rings. The number of hydrogen-bond donors (Lipinski definition) is 1. The van der Waals surface area contributed by atoms with Crippen LogP contribution in [0.2, 0.25) is 0 Å². The summed E-state index contributed by atoms with van der Waals surface area (Å²) < 4.78 is 1.13. The van der Waals surface area contributed by atoms with E-state index in [0.717, 1.165) is 20.9 Å². The van der Waals surface area contributed by atoms with Crippen molar-refractivity contribution in [3.8, 4) is 0 Å². The molecule has 1 atom stereocenters. The van der Waals surface area contributed by atoms with Gasteiger partial charge in [0.25, 0.3) is 0 Å². The third kappa shape index (κ3) is 1.49. The molecule has 0 aromatic carbocycles. The number of fused-ring (bicyclic) bond motifs is 1. The maximum Gasteiger partial charge on any atom is 0.0891 e. The number of rotatable bonds is 0. The van der Waals surface area contributed by atoms with Crippen LogP contribution in [0, 0.1) is 0 Å². The summed E-state index contributed by atoms with van der Waals surface area (Å²) in [5, 5.41) is 9.54. The molecule has 0 amide bonds. The fourth-order valence-electron chi connectivity index (χ4n) is 1.16. The predicted octanol–water partition coefficient (Wildman–Crippen LogP) is 2.79. The molecule has 2 rings (SSSR count). The molecule has 1 aromatic rings. The topological polar surface area (TPSA) is 20.2 Å². The minimum absolute atomic E-state index is 0.244. The third-order valence-electron chi connectivity index (χ3n) is 1.68. The number of thiophene rings is 1. The van der Waals surface area contributed by atoms with Crippen molar-refractivity contribution >= 4 is 39.0 Å². The van der Waals surface area contributed by atoms with E-state index >= 15 is 0 Å². The van der Waals surface area contributed by atoms with E-state index in [4.69, 9.17) is 0 Å². The molecular weight excluding hydrogens is 244 g/mol. The highest BCUT2D eigenvalue weighted by Gasteiger charge is 2.20. The first-order valence-corrected chi connectivity index (χ1v) is 6.07. The Kier molecular flexibility index (Phi) is 2.28. The van der Waals surface area contributed by atoms with E-state index in [1.54, 1.807) is 23.1 Å². The average molecular weight is 251 g/mol. The standard InChI is InChI=1S/C7H7BrOS2/c8-7-1-4-5(9)2-10-3-6(4)11-7/h1,5,9H,2-3H2. The maximum absolute atomic E-state index is 9.54. The normalized spacial score (nSPS) is 23.3. The molecule has 1 aliphatic rings. The van der Waals surface area contributed by atoms with Crippen LogP contribution in [0.15, 0.2) is 9.85 Å². The lowest BCUT2D eigenvalue weighted by molar-refractivity contribution is 0.202. The van der Waals surface area contributed by atoms with Gasteiger partial charge in [0.1, 0.15) is 0 Å². The molecule has 1 unspecified atom stereocenters. The van der Waals surface area contributed by atoms with Crippen LogP contribution >= 0.6 is 39.0 Å². The summed E-state index contributed by atoms with van der Waals surface area (Å²) >= 11 is 6.95. The van der Waals surface area contributed by atoms with E-state index in [1.807, 2.05) is 6.07 Å². The largest absolute Gasteiger partial charge is 0.388 e. The molecule has 2 heterocycles. The number of thioether (sulfide) groups is 1. The van der Waals surface area contributed by atoms with Crippen LogP contribution in [0.3, 0.4) is 0 Å². The first kappa shape index (κ1) is 8.10. The molecule has 1 aromatic heterocycles. The Morgan fingerprint density at radius 1 is 1.64 bits per heavy atom. The van der Waals surface area contributed by atoms with Gasteiger partial charge < -0.3 is 5.11 Å². The molecular formula is C7H7BrOS2. The second-order valence-electron chi connectivity index (χ2n) is 2.46. The summed E-state index contributed by atoms with van der Waals surface area (Å²) in [7, 11) is 0. The Bertz CT molecular complexity index is 271. The molecule has 1 aliphatic heterocycles. The Morgan fingerprint density at radius 2 is 2.45 bits per heavy atom. The van der Waals surface area contributed by atoms with E-state index in [-0.39, 0.29) is 6.10 Å². The Morgan fingerprint density at radius 3 is 3.18 bits per heavy atom. The predicted molar refractivity (Wildman–Crippen MR) is 53.1 cm³/mol. The molecule has 1 nitrogen and oxygen atoms in total. The zero-order valence-corrected chi connectivity index (χ0v) is 8.93. The number of hydrogen-bond acceptors (Lipinski definition) is 3. The number of aliphatic hydroxyl groups excluding tert-OH is 1. The summed E-state index contributed by atoms with van der Waals surface area (Å²) in [6.07, 6.45) is -0.244. The Balaban J connectivity index is 2.43. The zero-order valence-electron chi connectivity index (χ0n) is 5.71. The summed E-state index contributed by atoms with van der Waals surface area (Å²) in [6, 6.07) is 2.03. The zero-order chi connectivity index (χ0) is 7.84. The van der Waals surface area contributed by atoms with Crippen molar-refractivity contribution in [3.63, 3.8) is 0 Å². The van der Waals surface area contributed by atoms with Crippen molar-refractivity contribution in [3.05, 3.63) is 20.3 Å². The molecule has 11 heavy (non-hydrogen) atoms. The third-order valence-corrected chi connectivity index (χ3v) is 4.56. The summed E-state index contributed by atoms with van der Waals surface area (Å²) in [5.74, 6) is 1.90. The summed E-state index contributed by atoms with van der Waals surface area (Å²) in [6.45, 7) is 0. The monoisotopic (exact) mass is 250 g/mol. The van der Waals surface area contributed by atoms with Crippen LogP contribution in [0.5, 0.6) is 0 Å². The van der Waals surface area contributed by atoms with Crippen molar-refractivity contribution in [1.29, 1.82) is 0 Å². The van der Waals surface area contributed by atoms with Gasteiger partial charge in [0, 0.05) is 16.4 Å². The van der Waals surface area contributed by atoms with Gasteiger partial charge in [0.05, 0.1) is 9.89 Å². The van der Waals surface area contributed by atoms with Gasteiger partial charge in [-0.05, 0) is 27.6 Å². The van der Waals surface area contributed by atoms with Crippen LogP contribution in [0.1, 0.15) is 16.5 Å². The number of halogens is 1. The molecule has 4 heteroatoms. The second-order valence-corrected chi connectivity index (χ2v) is 6.01. The van der Waals surface area contributed by atoms with Gasteiger partial charge in [-0.25, -0.2) is 0 Å². The quantitative estimate of drug-likeness (QED) is 0.765. The molecule has 0 saturated carbocycles. The second kappa shape index (κ2) is 3.09. The average Bonchev–Trinajstić information content (AvgIpc) is 2.31. The highest BCUT2D eigenvalue weighted by Crippen LogP contribution is 2.38. The van der Waals surface area contributed by atoms with Crippen LogP contribution in [-0.4, -0.2) is 10.9 Å². The van der Waals surface area contributed by atoms with Gasteiger partial charge in [-0.3, -0.25) is 0 Å². The highest BCUT2D eigenvalue weighted by atomic mass is 79.9. The Labute approximate surface area is 81.9 Å². The molecule has 0 bridgehead atoms. The minimum Gasteiger partial charge on any atom is -0.388 e. The van der Waals surface area contributed by atoms with Gasteiger partial charge in [-0.15, -0.1) is 11.3 Å². The van der Waals surface area contributed by atoms with Crippen molar-refractivity contribution < 1.29 is 5.11 Å². The maximum atomic E-state index is 9.54. The van der Waals surface area contributed by atoms with E-state index in [9.17, 15) is 5.11 Å². The van der Waals surface area contributed by atoms with E-state index in [1.165, 1.54) is 4.88 Å². The van der Waals surface area contributed by atoms with Crippen LogP contribution in [0.4, 0.5) is 0 Å². The fourth-order valence-corrected chi connectivity index (χ4v) is 4.08. The molecule has 0 saturated heterocycles.